The molecule has 4 aromatic heterocycles. The summed E-state index contributed by atoms with van der Waals surface area (Å²) in [5, 5.41) is 9.10. The van der Waals surface area contributed by atoms with Crippen LogP contribution in [0.4, 0.5) is 0 Å². The topological polar surface area (TPSA) is 61.7 Å². The van der Waals surface area contributed by atoms with E-state index in [1.807, 2.05) is 60.7 Å². The molecule has 0 amide bonds. The van der Waals surface area contributed by atoms with Crippen LogP contribution in [-0.2, 0) is 0 Å². The van der Waals surface area contributed by atoms with E-state index in [1.165, 1.54) is 32.6 Å². The summed E-state index contributed by atoms with van der Waals surface area (Å²) in [5.74, 6) is 1.83. The maximum absolute atomic E-state index is 7.13. The average Bonchev–Trinajstić information content (AvgIpc) is 4.00. The highest BCUT2D eigenvalue weighted by molar-refractivity contribution is 6.29. The summed E-state index contributed by atoms with van der Waals surface area (Å²) in [5.41, 5.74) is 11.0. The van der Waals surface area contributed by atoms with Gasteiger partial charge in [-0.3, -0.25) is 0 Å². The Labute approximate surface area is 349 Å². The SMILES string of the molecule is c1ccc(-c2nc(-c3ccccc3)nc(-c3cc4oc5c(-n6c7ccccc7c7c8c9ccccc9n(-c9ccccc9)c8ccc76)cccc5c4c4ccccc34)n2)cc1. The third-order valence-corrected chi connectivity index (χ3v) is 12.2. The fraction of sp³-hybridized carbons (Fsp3) is 0. The van der Waals surface area contributed by atoms with Gasteiger partial charge in [0.25, 0.3) is 0 Å². The van der Waals surface area contributed by atoms with Crippen molar-refractivity contribution < 1.29 is 4.42 Å². The quantitative estimate of drug-likeness (QED) is 0.175. The summed E-state index contributed by atoms with van der Waals surface area (Å²) in [7, 11) is 0. The van der Waals surface area contributed by atoms with Crippen molar-refractivity contribution in [3.05, 3.63) is 200 Å². The normalized spacial score (nSPS) is 11.9. The molecule has 0 atom stereocenters. The molecule has 6 nitrogen and oxygen atoms in total. The molecule has 13 rings (SSSR count). The van der Waals surface area contributed by atoms with Gasteiger partial charge in [-0.25, -0.2) is 15.0 Å². The Morgan fingerprint density at radius 3 is 1.48 bits per heavy atom. The van der Waals surface area contributed by atoms with E-state index in [9.17, 15) is 0 Å². The van der Waals surface area contributed by atoms with Crippen molar-refractivity contribution in [2.75, 3.05) is 0 Å². The minimum Gasteiger partial charge on any atom is -0.454 e. The first kappa shape index (κ1) is 33.6. The molecule has 0 aliphatic heterocycles. The molecule has 0 spiro atoms. The lowest BCUT2D eigenvalue weighted by molar-refractivity contribution is 0.666. The number of fused-ring (bicyclic) bond motifs is 12. The molecular weight excluding hydrogens is 747 g/mol. The number of para-hydroxylation sites is 4. The first-order valence-corrected chi connectivity index (χ1v) is 20.5. The van der Waals surface area contributed by atoms with Crippen molar-refractivity contribution in [2.45, 2.75) is 0 Å². The minimum atomic E-state index is 0.590. The molecule has 0 unspecified atom stereocenters. The lowest BCUT2D eigenvalue weighted by Gasteiger charge is -2.11. The zero-order valence-corrected chi connectivity index (χ0v) is 32.7. The molecule has 0 bridgehead atoms. The molecule has 61 heavy (non-hydrogen) atoms. The van der Waals surface area contributed by atoms with Crippen LogP contribution in [0.3, 0.4) is 0 Å². The predicted molar refractivity (Wildman–Crippen MR) is 250 cm³/mol. The van der Waals surface area contributed by atoms with Crippen molar-refractivity contribution in [1.29, 1.82) is 0 Å². The summed E-state index contributed by atoms with van der Waals surface area (Å²) in [6.07, 6.45) is 0. The van der Waals surface area contributed by atoms with E-state index < -0.39 is 0 Å². The van der Waals surface area contributed by atoms with E-state index >= 15 is 0 Å². The minimum absolute atomic E-state index is 0.590. The van der Waals surface area contributed by atoms with Crippen LogP contribution < -0.4 is 0 Å². The van der Waals surface area contributed by atoms with Crippen LogP contribution in [-0.4, -0.2) is 24.1 Å². The van der Waals surface area contributed by atoms with Gasteiger partial charge in [0.1, 0.15) is 5.58 Å². The fourth-order valence-electron chi connectivity index (χ4n) is 9.57. The Morgan fingerprint density at radius 2 is 0.836 bits per heavy atom. The third-order valence-electron chi connectivity index (χ3n) is 12.2. The van der Waals surface area contributed by atoms with Crippen LogP contribution in [0.15, 0.2) is 205 Å². The van der Waals surface area contributed by atoms with Gasteiger partial charge in [0.2, 0.25) is 0 Å². The lowest BCUT2D eigenvalue weighted by atomic mass is 9.98. The highest BCUT2D eigenvalue weighted by atomic mass is 16.3. The molecule has 13 aromatic rings. The summed E-state index contributed by atoms with van der Waals surface area (Å²) >= 11 is 0. The Bertz CT molecular complexity index is 3810. The van der Waals surface area contributed by atoms with Crippen LogP contribution >= 0.6 is 0 Å². The van der Waals surface area contributed by atoms with Gasteiger partial charge >= 0.3 is 0 Å². The van der Waals surface area contributed by atoms with Crippen LogP contribution in [0.5, 0.6) is 0 Å². The van der Waals surface area contributed by atoms with Gasteiger partial charge in [0.05, 0.1) is 27.8 Å². The molecule has 0 aliphatic carbocycles. The number of hydrogen-bond donors (Lipinski definition) is 0. The summed E-state index contributed by atoms with van der Waals surface area (Å²) in [6, 6.07) is 70.1. The highest BCUT2D eigenvalue weighted by Gasteiger charge is 2.24. The Hall–Kier alpha value is -8.35. The van der Waals surface area contributed by atoms with Crippen LogP contribution in [0.1, 0.15) is 0 Å². The van der Waals surface area contributed by atoms with E-state index in [0.29, 0.717) is 17.5 Å². The molecule has 6 heteroatoms. The van der Waals surface area contributed by atoms with Crippen molar-refractivity contribution in [3.63, 3.8) is 0 Å². The van der Waals surface area contributed by atoms with Gasteiger partial charge in [-0.2, -0.15) is 0 Å². The summed E-state index contributed by atoms with van der Waals surface area (Å²) < 4.78 is 11.9. The monoisotopic (exact) mass is 779 g/mol. The van der Waals surface area contributed by atoms with Crippen molar-refractivity contribution in [3.8, 4) is 45.5 Å². The second-order valence-corrected chi connectivity index (χ2v) is 15.5. The van der Waals surface area contributed by atoms with Gasteiger partial charge in [0, 0.05) is 54.7 Å². The Kier molecular flexibility index (Phi) is 7.21. The molecular formula is C55H33N5O. The maximum Gasteiger partial charge on any atom is 0.164 e. The number of nitrogens with zero attached hydrogens (tertiary/aromatic N) is 5. The number of rotatable bonds is 5. The smallest absolute Gasteiger partial charge is 0.164 e. The summed E-state index contributed by atoms with van der Waals surface area (Å²) in [4.78, 5) is 15.2. The fourth-order valence-corrected chi connectivity index (χ4v) is 9.57. The number of aromatic nitrogens is 5. The zero-order chi connectivity index (χ0) is 40.0. The Morgan fingerprint density at radius 1 is 0.344 bits per heavy atom. The zero-order valence-electron chi connectivity index (χ0n) is 32.7. The first-order valence-electron chi connectivity index (χ1n) is 20.5. The predicted octanol–water partition coefficient (Wildman–Crippen LogP) is 14.1. The third kappa shape index (κ3) is 5.00. The highest BCUT2D eigenvalue weighted by Crippen LogP contribution is 2.45. The van der Waals surface area contributed by atoms with E-state index in [4.69, 9.17) is 19.4 Å². The first-order chi connectivity index (χ1) is 30.3. The Balaban J connectivity index is 1.09. The van der Waals surface area contributed by atoms with Crippen molar-refractivity contribution in [1.82, 2.24) is 24.1 Å². The van der Waals surface area contributed by atoms with Gasteiger partial charge < -0.3 is 13.6 Å². The molecule has 0 fully saturated rings. The standard InChI is InChI=1S/C55H33N5O/c1-4-17-34(18-5-1)53-56-54(35-19-6-2-7-20-35)58-55(57-53)42-33-48-49(38-24-11-10-23-37(38)42)41-27-16-30-47(52(41)61-48)60-44-29-15-13-26-40(44)51-46(60)32-31-45-50(51)39-25-12-14-28-43(39)59(45)36-21-8-3-9-22-36/h1-33H. The maximum atomic E-state index is 7.13. The lowest BCUT2D eigenvalue weighted by Crippen LogP contribution is -2.00. The van der Waals surface area contributed by atoms with E-state index in [0.717, 1.165) is 71.8 Å². The van der Waals surface area contributed by atoms with Gasteiger partial charge in [0.15, 0.2) is 23.1 Å². The van der Waals surface area contributed by atoms with E-state index in [1.54, 1.807) is 0 Å². The molecule has 0 saturated heterocycles. The van der Waals surface area contributed by atoms with Gasteiger partial charge in [-0.15, -0.1) is 0 Å². The average molecular weight is 780 g/mol. The van der Waals surface area contributed by atoms with Crippen LogP contribution in [0, 0.1) is 0 Å². The van der Waals surface area contributed by atoms with Gasteiger partial charge in [-0.1, -0.05) is 152 Å². The van der Waals surface area contributed by atoms with Crippen molar-refractivity contribution in [2.24, 2.45) is 0 Å². The molecule has 0 aliphatic rings. The molecule has 9 aromatic carbocycles. The second-order valence-electron chi connectivity index (χ2n) is 15.5. The van der Waals surface area contributed by atoms with Crippen LogP contribution in [0.2, 0.25) is 0 Å². The second kappa shape index (κ2) is 13.1. The van der Waals surface area contributed by atoms with Crippen molar-refractivity contribution >= 4 is 76.3 Å². The molecule has 0 saturated carbocycles. The van der Waals surface area contributed by atoms with E-state index in [2.05, 4.69) is 149 Å². The van der Waals surface area contributed by atoms with Crippen LogP contribution in [0.25, 0.3) is 122 Å². The number of furan rings is 1. The number of hydrogen-bond acceptors (Lipinski definition) is 4. The molecule has 0 N–H and O–H groups in total. The largest absolute Gasteiger partial charge is 0.454 e. The number of benzene rings is 9. The van der Waals surface area contributed by atoms with Gasteiger partial charge in [-0.05, 0) is 59.3 Å². The molecule has 4 heterocycles. The summed E-state index contributed by atoms with van der Waals surface area (Å²) in [6.45, 7) is 0. The van der Waals surface area contributed by atoms with E-state index in [-0.39, 0.29) is 0 Å². The molecule has 284 valence electrons. The molecule has 0 radical (unpaired) electrons.